The molecule has 0 saturated heterocycles. The topological polar surface area (TPSA) is 63.7 Å². The van der Waals surface area contributed by atoms with Gasteiger partial charge in [0, 0.05) is 0 Å². The van der Waals surface area contributed by atoms with Crippen LogP contribution in [0.3, 0.4) is 0 Å². The molecule has 0 aromatic heterocycles. The van der Waals surface area contributed by atoms with Gasteiger partial charge in [-0.25, -0.2) is 4.39 Å². The predicted molar refractivity (Wildman–Crippen MR) is 83.7 cm³/mol. The number of halogens is 1. The van der Waals surface area contributed by atoms with Crippen LogP contribution in [0.15, 0.2) is 42.5 Å². The molecule has 0 fully saturated rings. The number of ether oxygens (including phenoxy) is 1. The van der Waals surface area contributed by atoms with E-state index in [9.17, 15) is 18.8 Å². The Morgan fingerprint density at radius 1 is 1.04 bits per heavy atom. The molecule has 0 aliphatic carbocycles. The minimum atomic E-state index is -0.743. The van der Waals surface area contributed by atoms with E-state index in [0.29, 0.717) is 11.1 Å². The fourth-order valence-corrected chi connectivity index (χ4v) is 2.58. The zero-order valence-electron chi connectivity index (χ0n) is 12.9. The summed E-state index contributed by atoms with van der Waals surface area (Å²) in [5.41, 5.74) is 0.646. The highest BCUT2D eigenvalue weighted by Crippen LogP contribution is 2.23. The molecule has 2 aromatic carbocycles. The fraction of sp³-hybridized carbons (Fsp3) is 0.167. The maximum atomic E-state index is 14.1. The summed E-state index contributed by atoms with van der Waals surface area (Å²) in [6.45, 7) is 1.20. The number of nitrogens with zero attached hydrogens (tertiary/aromatic N) is 1. The van der Waals surface area contributed by atoms with Crippen molar-refractivity contribution in [1.82, 2.24) is 4.90 Å². The molecule has 0 saturated carbocycles. The molecule has 6 heteroatoms. The van der Waals surface area contributed by atoms with E-state index < -0.39 is 23.4 Å². The lowest BCUT2D eigenvalue weighted by Crippen LogP contribution is -2.33. The van der Waals surface area contributed by atoms with Crippen molar-refractivity contribution in [1.29, 1.82) is 0 Å². The molecule has 1 heterocycles. The third kappa shape index (κ3) is 2.67. The van der Waals surface area contributed by atoms with Gasteiger partial charge in [-0.3, -0.25) is 19.3 Å². The number of ketones is 1. The second-order valence-corrected chi connectivity index (χ2v) is 5.33. The van der Waals surface area contributed by atoms with E-state index in [2.05, 4.69) is 0 Å². The molecule has 24 heavy (non-hydrogen) atoms. The van der Waals surface area contributed by atoms with Gasteiger partial charge in [0.05, 0.1) is 23.2 Å². The van der Waals surface area contributed by atoms with Gasteiger partial charge in [0.1, 0.15) is 6.61 Å². The number of hydrogen-bond acceptors (Lipinski definition) is 4. The van der Waals surface area contributed by atoms with Crippen molar-refractivity contribution in [3.8, 4) is 5.75 Å². The maximum absolute atomic E-state index is 14.1. The smallest absolute Gasteiger partial charge is 0.261 e. The van der Waals surface area contributed by atoms with Gasteiger partial charge in [0.15, 0.2) is 17.3 Å². The first-order valence-corrected chi connectivity index (χ1v) is 7.38. The minimum absolute atomic E-state index is 0.00388. The van der Waals surface area contributed by atoms with Gasteiger partial charge in [-0.2, -0.15) is 0 Å². The number of fused-ring (bicyclic) bond motifs is 1. The molecule has 0 radical (unpaired) electrons. The zero-order valence-corrected chi connectivity index (χ0v) is 12.9. The Morgan fingerprint density at radius 3 is 2.25 bits per heavy atom. The van der Waals surface area contributed by atoms with E-state index in [0.717, 1.165) is 4.90 Å². The van der Waals surface area contributed by atoms with E-state index in [1.807, 2.05) is 0 Å². The normalized spacial score (nSPS) is 13.2. The quantitative estimate of drug-likeness (QED) is 0.626. The molecule has 0 unspecified atom stereocenters. The second kappa shape index (κ2) is 6.23. The van der Waals surface area contributed by atoms with Gasteiger partial charge in [0.25, 0.3) is 11.8 Å². The van der Waals surface area contributed by atoms with E-state index in [4.69, 9.17) is 4.74 Å². The molecule has 0 spiro atoms. The first kappa shape index (κ1) is 15.9. The summed E-state index contributed by atoms with van der Waals surface area (Å²) in [6, 6.07) is 10.8. The van der Waals surface area contributed by atoms with Crippen molar-refractivity contribution >= 4 is 17.6 Å². The predicted octanol–water partition coefficient (Wildman–Crippen LogP) is 2.70. The van der Waals surface area contributed by atoms with Gasteiger partial charge in [-0.05, 0) is 31.2 Å². The maximum Gasteiger partial charge on any atom is 0.261 e. The van der Waals surface area contributed by atoms with Crippen LogP contribution >= 0.6 is 0 Å². The van der Waals surface area contributed by atoms with Crippen LogP contribution in [-0.2, 0) is 0 Å². The molecule has 1 aliphatic rings. The summed E-state index contributed by atoms with van der Waals surface area (Å²) >= 11 is 0. The lowest BCUT2D eigenvalue weighted by molar-refractivity contribution is 0.0630. The Bertz CT molecular complexity index is 812. The highest BCUT2D eigenvalue weighted by molar-refractivity contribution is 6.21. The van der Waals surface area contributed by atoms with Crippen LogP contribution in [0.4, 0.5) is 4.39 Å². The Hall–Kier alpha value is -3.02. The largest absolute Gasteiger partial charge is 0.489 e. The van der Waals surface area contributed by atoms with Crippen molar-refractivity contribution in [3.63, 3.8) is 0 Å². The van der Waals surface area contributed by atoms with Gasteiger partial charge < -0.3 is 4.74 Å². The van der Waals surface area contributed by atoms with Crippen LogP contribution in [-0.4, -0.2) is 35.6 Å². The van der Waals surface area contributed by atoms with Crippen LogP contribution < -0.4 is 4.74 Å². The number of Topliss-reactive ketones (excluding diaryl/α,β-unsaturated/α-hetero) is 1. The summed E-state index contributed by atoms with van der Waals surface area (Å²) in [5, 5.41) is 0. The van der Waals surface area contributed by atoms with E-state index in [-0.39, 0.29) is 24.5 Å². The fourth-order valence-electron chi connectivity index (χ4n) is 2.58. The van der Waals surface area contributed by atoms with E-state index in [1.54, 1.807) is 24.3 Å². The molecule has 0 bridgehead atoms. The lowest BCUT2D eigenvalue weighted by Gasteiger charge is -2.15. The highest BCUT2D eigenvalue weighted by atomic mass is 19.1. The third-order valence-electron chi connectivity index (χ3n) is 3.79. The summed E-state index contributed by atoms with van der Waals surface area (Å²) in [5.74, 6) is -2.01. The number of rotatable bonds is 5. The number of carbonyl (C=O) groups is 3. The molecule has 1 aliphatic heterocycles. The van der Waals surface area contributed by atoms with Crippen molar-refractivity contribution in [3.05, 3.63) is 65.0 Å². The van der Waals surface area contributed by atoms with Crippen molar-refractivity contribution in [2.24, 2.45) is 0 Å². The summed E-state index contributed by atoms with van der Waals surface area (Å²) in [4.78, 5) is 36.8. The molecule has 3 rings (SSSR count). The van der Waals surface area contributed by atoms with Crippen LogP contribution in [0.25, 0.3) is 0 Å². The van der Waals surface area contributed by atoms with Gasteiger partial charge in [-0.15, -0.1) is 0 Å². The molecular formula is C18H14FNO4. The Kier molecular flexibility index (Phi) is 4.12. The molecule has 2 amide bonds. The third-order valence-corrected chi connectivity index (χ3v) is 3.79. The molecule has 0 N–H and O–H groups in total. The Labute approximate surface area is 137 Å². The van der Waals surface area contributed by atoms with Crippen LogP contribution in [0.5, 0.6) is 5.75 Å². The van der Waals surface area contributed by atoms with E-state index >= 15 is 0 Å². The number of benzene rings is 2. The van der Waals surface area contributed by atoms with Crippen LogP contribution in [0.1, 0.15) is 38.0 Å². The van der Waals surface area contributed by atoms with Crippen LogP contribution in [0.2, 0.25) is 0 Å². The summed E-state index contributed by atoms with van der Waals surface area (Å²) in [7, 11) is 0. The van der Waals surface area contributed by atoms with Crippen molar-refractivity contribution in [2.45, 2.75) is 6.92 Å². The number of hydrogen-bond donors (Lipinski definition) is 0. The molecule has 5 nitrogen and oxygen atoms in total. The number of carbonyl (C=O) groups excluding carboxylic acids is 3. The first-order valence-electron chi connectivity index (χ1n) is 7.38. The molecular weight excluding hydrogens is 313 g/mol. The highest BCUT2D eigenvalue weighted by Gasteiger charge is 2.34. The SMILES string of the molecule is CC(=O)c1cccc(OCCN2C(=O)c3ccccc3C2=O)c1F. The molecule has 0 atom stereocenters. The van der Waals surface area contributed by atoms with E-state index in [1.165, 1.54) is 25.1 Å². The summed E-state index contributed by atoms with van der Waals surface area (Å²) in [6.07, 6.45) is 0. The molecule has 122 valence electrons. The number of imide groups is 1. The molecule has 2 aromatic rings. The Morgan fingerprint density at radius 2 is 1.67 bits per heavy atom. The van der Waals surface area contributed by atoms with Gasteiger partial charge in [-0.1, -0.05) is 18.2 Å². The van der Waals surface area contributed by atoms with Crippen LogP contribution in [0, 0.1) is 5.82 Å². The van der Waals surface area contributed by atoms with Gasteiger partial charge in [0.2, 0.25) is 0 Å². The average Bonchev–Trinajstić information content (AvgIpc) is 2.81. The number of amides is 2. The Balaban J connectivity index is 1.68. The monoisotopic (exact) mass is 327 g/mol. The first-order chi connectivity index (χ1) is 11.5. The lowest BCUT2D eigenvalue weighted by atomic mass is 10.1. The minimum Gasteiger partial charge on any atom is -0.489 e. The zero-order chi connectivity index (χ0) is 17.3. The second-order valence-electron chi connectivity index (χ2n) is 5.33. The van der Waals surface area contributed by atoms with Crippen molar-refractivity contribution in [2.75, 3.05) is 13.2 Å². The van der Waals surface area contributed by atoms with Crippen molar-refractivity contribution < 1.29 is 23.5 Å². The standard InChI is InChI=1S/C18H14FNO4/c1-11(21)12-7-4-8-15(16(12)19)24-10-9-20-17(22)13-5-2-3-6-14(13)18(20)23/h2-8H,9-10H2,1H3. The average molecular weight is 327 g/mol. The van der Waals surface area contributed by atoms with Gasteiger partial charge >= 0.3 is 0 Å². The summed E-state index contributed by atoms with van der Waals surface area (Å²) < 4.78 is 19.4.